The van der Waals surface area contributed by atoms with E-state index in [0.29, 0.717) is 19.3 Å². The highest BCUT2D eigenvalue weighted by molar-refractivity contribution is 6.16. The van der Waals surface area contributed by atoms with Gasteiger partial charge in [0.25, 0.3) is 0 Å². The van der Waals surface area contributed by atoms with Crippen LogP contribution in [0.4, 0.5) is 4.79 Å². The summed E-state index contributed by atoms with van der Waals surface area (Å²) in [5, 5.41) is 2.42. The van der Waals surface area contributed by atoms with Crippen molar-refractivity contribution in [3.63, 3.8) is 0 Å². The Morgan fingerprint density at radius 3 is 2.05 bits per heavy atom. The molecule has 1 heterocycles. The normalized spacial score (nSPS) is 24.6. The van der Waals surface area contributed by atoms with Crippen molar-refractivity contribution in [2.45, 2.75) is 71.3 Å². The van der Waals surface area contributed by atoms with Crippen LogP contribution >= 0.6 is 0 Å². The van der Waals surface area contributed by atoms with Crippen LogP contribution in [0.5, 0.6) is 0 Å². The van der Waals surface area contributed by atoms with Gasteiger partial charge in [0.2, 0.25) is 11.8 Å². The molecule has 5 nitrogen and oxygen atoms in total. The SMILES string of the molecule is CCC(CC)(CC)N1C(=O)NC(=O)C(C2CCCC2)C1=O. The maximum absolute atomic E-state index is 12.9. The summed E-state index contributed by atoms with van der Waals surface area (Å²) < 4.78 is 0. The van der Waals surface area contributed by atoms with Crippen molar-refractivity contribution in [2.24, 2.45) is 11.8 Å². The Balaban J connectivity index is 2.34. The van der Waals surface area contributed by atoms with Crippen LogP contribution < -0.4 is 5.32 Å². The minimum atomic E-state index is -0.672. The van der Waals surface area contributed by atoms with Gasteiger partial charge < -0.3 is 0 Å². The molecule has 2 aliphatic rings. The molecule has 21 heavy (non-hydrogen) atoms. The summed E-state index contributed by atoms with van der Waals surface area (Å²) in [6.07, 6.45) is 6.08. The van der Waals surface area contributed by atoms with Crippen molar-refractivity contribution in [1.82, 2.24) is 10.2 Å². The molecule has 0 radical (unpaired) electrons. The smallest absolute Gasteiger partial charge is 0.277 e. The maximum Gasteiger partial charge on any atom is 0.331 e. The Labute approximate surface area is 126 Å². The van der Waals surface area contributed by atoms with Crippen LogP contribution in [-0.2, 0) is 9.59 Å². The van der Waals surface area contributed by atoms with Gasteiger partial charge in [-0.05, 0) is 38.0 Å². The van der Waals surface area contributed by atoms with E-state index < -0.39 is 23.4 Å². The van der Waals surface area contributed by atoms with Crippen molar-refractivity contribution >= 4 is 17.8 Å². The van der Waals surface area contributed by atoms with Crippen molar-refractivity contribution in [3.05, 3.63) is 0 Å². The van der Waals surface area contributed by atoms with Crippen LogP contribution in [0.15, 0.2) is 0 Å². The minimum absolute atomic E-state index is 0.0939. The number of nitrogens with one attached hydrogen (secondary N) is 1. The molecule has 0 bridgehead atoms. The highest BCUT2D eigenvalue weighted by Gasteiger charge is 2.50. The zero-order valence-electron chi connectivity index (χ0n) is 13.3. The molecule has 1 aliphatic heterocycles. The molecule has 0 spiro atoms. The number of carbonyl (C=O) groups excluding carboxylic acids is 3. The number of carbonyl (C=O) groups is 3. The summed E-state index contributed by atoms with van der Waals surface area (Å²) in [5.41, 5.74) is -0.473. The lowest BCUT2D eigenvalue weighted by molar-refractivity contribution is -0.149. The first-order valence-electron chi connectivity index (χ1n) is 8.19. The van der Waals surface area contributed by atoms with E-state index in [0.717, 1.165) is 25.7 Å². The number of urea groups is 1. The van der Waals surface area contributed by atoms with Gasteiger partial charge in [-0.1, -0.05) is 33.6 Å². The largest absolute Gasteiger partial charge is 0.331 e. The zero-order valence-corrected chi connectivity index (χ0v) is 13.3. The highest BCUT2D eigenvalue weighted by atomic mass is 16.2. The summed E-state index contributed by atoms with van der Waals surface area (Å²) in [6, 6.07) is -0.537. The molecule has 0 aromatic carbocycles. The second-order valence-corrected chi connectivity index (χ2v) is 6.28. The fraction of sp³-hybridized carbons (Fsp3) is 0.812. The van der Waals surface area contributed by atoms with Crippen molar-refractivity contribution in [2.75, 3.05) is 0 Å². The van der Waals surface area contributed by atoms with E-state index in [4.69, 9.17) is 0 Å². The molecule has 1 aliphatic carbocycles. The summed E-state index contributed by atoms with van der Waals surface area (Å²) in [6.45, 7) is 5.98. The number of rotatable bonds is 5. The third-order valence-corrected chi connectivity index (χ3v) is 5.52. The van der Waals surface area contributed by atoms with E-state index in [9.17, 15) is 14.4 Å². The molecule has 0 aromatic heterocycles. The average Bonchev–Trinajstić information content (AvgIpc) is 2.97. The van der Waals surface area contributed by atoms with Gasteiger partial charge in [-0.3, -0.25) is 19.8 Å². The monoisotopic (exact) mass is 294 g/mol. The van der Waals surface area contributed by atoms with Gasteiger partial charge in [-0.15, -0.1) is 0 Å². The predicted octanol–water partition coefficient (Wildman–Crippen LogP) is 2.84. The molecule has 5 heteroatoms. The molecular formula is C16H26N2O3. The first kappa shape index (κ1) is 16.0. The number of nitrogens with zero attached hydrogens (tertiary/aromatic N) is 1. The second-order valence-electron chi connectivity index (χ2n) is 6.28. The van der Waals surface area contributed by atoms with Crippen LogP contribution in [0.25, 0.3) is 0 Å². The van der Waals surface area contributed by atoms with Gasteiger partial charge in [0, 0.05) is 0 Å². The summed E-state index contributed by atoms with van der Waals surface area (Å²) in [5.74, 6) is -1.25. The third-order valence-electron chi connectivity index (χ3n) is 5.52. The molecule has 2 fully saturated rings. The molecule has 1 unspecified atom stereocenters. The topological polar surface area (TPSA) is 66.5 Å². The number of hydrogen-bond acceptors (Lipinski definition) is 3. The van der Waals surface area contributed by atoms with Gasteiger partial charge in [-0.25, -0.2) is 4.79 Å². The zero-order chi connectivity index (χ0) is 15.6. The van der Waals surface area contributed by atoms with E-state index in [1.165, 1.54) is 4.90 Å². The summed E-state index contributed by atoms with van der Waals surface area (Å²) in [4.78, 5) is 38.7. The molecule has 118 valence electrons. The average molecular weight is 294 g/mol. The van der Waals surface area contributed by atoms with Crippen molar-refractivity contribution < 1.29 is 14.4 Å². The lowest BCUT2D eigenvalue weighted by atomic mass is 9.82. The Bertz CT molecular complexity index is 429. The van der Waals surface area contributed by atoms with Gasteiger partial charge in [0.15, 0.2) is 0 Å². The number of barbiturate groups is 1. The lowest BCUT2D eigenvalue weighted by Crippen LogP contribution is -2.66. The Kier molecular flexibility index (Phi) is 4.69. The highest BCUT2D eigenvalue weighted by Crippen LogP contribution is 2.37. The van der Waals surface area contributed by atoms with E-state index in [1.807, 2.05) is 20.8 Å². The minimum Gasteiger partial charge on any atom is -0.277 e. The molecular weight excluding hydrogens is 268 g/mol. The summed E-state index contributed by atoms with van der Waals surface area (Å²) in [7, 11) is 0. The fourth-order valence-corrected chi connectivity index (χ4v) is 3.97. The molecule has 1 N–H and O–H groups in total. The van der Waals surface area contributed by atoms with E-state index in [1.54, 1.807) is 0 Å². The maximum atomic E-state index is 12.9. The van der Waals surface area contributed by atoms with Gasteiger partial charge in [0.05, 0.1) is 5.54 Å². The van der Waals surface area contributed by atoms with Crippen LogP contribution in [0.1, 0.15) is 65.7 Å². The second kappa shape index (κ2) is 6.16. The molecule has 4 amide bonds. The van der Waals surface area contributed by atoms with Crippen molar-refractivity contribution in [1.29, 1.82) is 0 Å². The van der Waals surface area contributed by atoms with Crippen LogP contribution in [0.2, 0.25) is 0 Å². The molecule has 2 rings (SSSR count). The molecule has 0 aromatic rings. The molecule has 1 saturated carbocycles. The van der Waals surface area contributed by atoms with E-state index in [-0.39, 0.29) is 11.8 Å². The molecule has 1 saturated heterocycles. The fourth-order valence-electron chi connectivity index (χ4n) is 3.97. The number of amides is 4. The molecule has 1 atom stereocenters. The van der Waals surface area contributed by atoms with E-state index in [2.05, 4.69) is 5.32 Å². The first-order valence-corrected chi connectivity index (χ1v) is 8.19. The predicted molar refractivity (Wildman–Crippen MR) is 79.4 cm³/mol. The van der Waals surface area contributed by atoms with Gasteiger partial charge >= 0.3 is 6.03 Å². The lowest BCUT2D eigenvalue weighted by Gasteiger charge is -2.45. The standard InChI is InChI=1S/C16H26N2O3/c1-4-16(5-2,6-3)18-14(20)12(11-9-7-8-10-11)13(19)17-15(18)21/h11-12H,4-10H2,1-3H3,(H,17,19,21). The van der Waals surface area contributed by atoms with Gasteiger partial charge in [-0.2, -0.15) is 0 Å². The van der Waals surface area contributed by atoms with Gasteiger partial charge in [0.1, 0.15) is 5.92 Å². The Hall–Kier alpha value is -1.39. The third kappa shape index (κ3) is 2.58. The Morgan fingerprint density at radius 1 is 1.05 bits per heavy atom. The van der Waals surface area contributed by atoms with E-state index >= 15 is 0 Å². The number of imide groups is 2. The van der Waals surface area contributed by atoms with Crippen molar-refractivity contribution in [3.8, 4) is 0 Å². The summed E-state index contributed by atoms with van der Waals surface area (Å²) >= 11 is 0. The first-order chi connectivity index (χ1) is 10.0. The van der Waals surface area contributed by atoms with Crippen LogP contribution in [0.3, 0.4) is 0 Å². The Morgan fingerprint density at radius 2 is 1.57 bits per heavy atom. The quantitative estimate of drug-likeness (QED) is 0.793. The van der Waals surface area contributed by atoms with Crippen LogP contribution in [-0.4, -0.2) is 28.3 Å². The van der Waals surface area contributed by atoms with Crippen LogP contribution in [0, 0.1) is 11.8 Å². The number of hydrogen-bond donors (Lipinski definition) is 1.